The lowest BCUT2D eigenvalue weighted by Crippen LogP contribution is -2.02. The zero-order valence-electron chi connectivity index (χ0n) is 9.48. The highest BCUT2D eigenvalue weighted by Crippen LogP contribution is 2.30. The van der Waals surface area contributed by atoms with Crippen LogP contribution in [0.5, 0.6) is 0 Å². The minimum absolute atomic E-state index is 0.0163. The molecule has 0 amide bonds. The van der Waals surface area contributed by atoms with Gasteiger partial charge in [-0.15, -0.1) is 0 Å². The second kappa shape index (κ2) is 4.80. The summed E-state index contributed by atoms with van der Waals surface area (Å²) in [7, 11) is 0. The summed E-state index contributed by atoms with van der Waals surface area (Å²) >= 11 is 0. The third kappa shape index (κ3) is 2.23. The van der Waals surface area contributed by atoms with E-state index >= 15 is 0 Å². The van der Waals surface area contributed by atoms with Crippen molar-refractivity contribution in [3.8, 4) is 0 Å². The van der Waals surface area contributed by atoms with Gasteiger partial charge in [-0.2, -0.15) is 0 Å². The maximum Gasteiger partial charge on any atom is 0.280 e. The van der Waals surface area contributed by atoms with Gasteiger partial charge in [-0.25, -0.2) is 22.5 Å². The molecule has 0 radical (unpaired) electrons. The predicted molar refractivity (Wildman–Crippen MR) is 60.8 cm³/mol. The molecule has 1 aromatic carbocycles. The van der Waals surface area contributed by atoms with E-state index in [9.17, 15) is 17.6 Å². The Bertz CT molecular complexity index is 584. The number of anilines is 1. The molecule has 2 aromatic rings. The number of hydrogen-bond acceptors (Lipinski definition) is 2. The summed E-state index contributed by atoms with van der Waals surface area (Å²) < 4.78 is 52.0. The fourth-order valence-electron chi connectivity index (χ4n) is 1.75. The molecule has 0 aliphatic rings. The van der Waals surface area contributed by atoms with Crippen LogP contribution in [0.15, 0.2) is 18.2 Å². The molecule has 6 heteroatoms. The lowest BCUT2D eigenvalue weighted by atomic mass is 10.1. The van der Waals surface area contributed by atoms with E-state index in [0.29, 0.717) is 12.6 Å². The standard InChI is InChI=1S/C12H10F4N2/c1-2-17-8-5-10(12(15)16)18-9-4-6(13)3-7(14)11(8)9/h3-5,12H,2H2,1H3,(H,17,18). The number of halogens is 4. The third-order valence-electron chi connectivity index (χ3n) is 2.44. The molecular formula is C12H10F4N2. The van der Waals surface area contributed by atoms with Crippen molar-refractivity contribution < 1.29 is 17.6 Å². The van der Waals surface area contributed by atoms with Gasteiger partial charge in [0.1, 0.15) is 17.3 Å². The Morgan fingerprint density at radius 2 is 1.94 bits per heavy atom. The van der Waals surface area contributed by atoms with Crippen LogP contribution in [-0.2, 0) is 0 Å². The highest BCUT2D eigenvalue weighted by Gasteiger charge is 2.16. The zero-order chi connectivity index (χ0) is 13.3. The summed E-state index contributed by atoms with van der Waals surface area (Å²) in [4.78, 5) is 3.57. The molecule has 0 saturated carbocycles. The van der Waals surface area contributed by atoms with Crippen LogP contribution in [0.3, 0.4) is 0 Å². The van der Waals surface area contributed by atoms with E-state index < -0.39 is 23.8 Å². The Morgan fingerprint density at radius 1 is 1.22 bits per heavy atom. The van der Waals surface area contributed by atoms with Gasteiger partial charge in [0.05, 0.1) is 10.9 Å². The molecule has 0 bridgehead atoms. The molecule has 2 rings (SSSR count). The number of aromatic nitrogens is 1. The van der Waals surface area contributed by atoms with Crippen LogP contribution in [0, 0.1) is 11.6 Å². The van der Waals surface area contributed by atoms with E-state index in [1.807, 2.05) is 0 Å². The number of fused-ring (bicyclic) bond motifs is 1. The zero-order valence-corrected chi connectivity index (χ0v) is 9.48. The van der Waals surface area contributed by atoms with E-state index in [2.05, 4.69) is 10.3 Å². The second-order valence-electron chi connectivity index (χ2n) is 3.71. The van der Waals surface area contributed by atoms with Crippen LogP contribution in [0.25, 0.3) is 10.9 Å². The molecule has 0 atom stereocenters. The van der Waals surface area contributed by atoms with Crippen molar-refractivity contribution in [2.75, 3.05) is 11.9 Å². The highest BCUT2D eigenvalue weighted by atomic mass is 19.3. The summed E-state index contributed by atoms with van der Waals surface area (Å²) in [6.07, 6.45) is -2.79. The van der Waals surface area contributed by atoms with Gasteiger partial charge < -0.3 is 5.32 Å². The number of pyridine rings is 1. The first-order valence-corrected chi connectivity index (χ1v) is 5.34. The first-order chi connectivity index (χ1) is 8.52. The van der Waals surface area contributed by atoms with E-state index in [1.54, 1.807) is 6.92 Å². The molecule has 1 aromatic heterocycles. The number of alkyl halides is 2. The van der Waals surface area contributed by atoms with Gasteiger partial charge in [-0.1, -0.05) is 0 Å². The normalized spacial score (nSPS) is 11.2. The first-order valence-electron chi connectivity index (χ1n) is 5.34. The fourth-order valence-corrected chi connectivity index (χ4v) is 1.75. The van der Waals surface area contributed by atoms with Crippen LogP contribution in [0.2, 0.25) is 0 Å². The Kier molecular flexibility index (Phi) is 3.36. The number of benzene rings is 1. The molecule has 0 aliphatic carbocycles. The molecule has 2 nitrogen and oxygen atoms in total. The van der Waals surface area contributed by atoms with Crippen molar-refractivity contribution >= 4 is 16.6 Å². The van der Waals surface area contributed by atoms with Gasteiger partial charge in [0, 0.05) is 24.4 Å². The highest BCUT2D eigenvalue weighted by molar-refractivity contribution is 5.92. The SMILES string of the molecule is CCNc1cc(C(F)F)nc2cc(F)cc(F)c12. The van der Waals surface area contributed by atoms with Gasteiger partial charge in [0.15, 0.2) is 0 Å². The molecular weight excluding hydrogens is 248 g/mol. The molecule has 0 unspecified atom stereocenters. The van der Waals surface area contributed by atoms with Crippen molar-refractivity contribution in [2.45, 2.75) is 13.3 Å². The second-order valence-corrected chi connectivity index (χ2v) is 3.71. The fraction of sp³-hybridized carbons (Fsp3) is 0.250. The molecule has 0 fully saturated rings. The lowest BCUT2D eigenvalue weighted by Gasteiger charge is -2.11. The van der Waals surface area contributed by atoms with Gasteiger partial charge in [-0.05, 0) is 13.0 Å². The summed E-state index contributed by atoms with van der Waals surface area (Å²) in [5.74, 6) is -1.67. The summed E-state index contributed by atoms with van der Waals surface area (Å²) in [6, 6.07) is 2.72. The van der Waals surface area contributed by atoms with E-state index in [-0.39, 0.29) is 16.6 Å². The van der Waals surface area contributed by atoms with E-state index in [0.717, 1.165) is 12.1 Å². The van der Waals surface area contributed by atoms with Gasteiger partial charge in [0.25, 0.3) is 6.43 Å². The largest absolute Gasteiger partial charge is 0.385 e. The average Bonchev–Trinajstić information content (AvgIpc) is 2.27. The van der Waals surface area contributed by atoms with E-state index in [1.165, 1.54) is 0 Å². The molecule has 1 heterocycles. The predicted octanol–water partition coefficient (Wildman–Crippen LogP) is 3.88. The molecule has 0 spiro atoms. The Labute approximate surface area is 101 Å². The molecule has 18 heavy (non-hydrogen) atoms. The Morgan fingerprint density at radius 3 is 2.56 bits per heavy atom. The van der Waals surface area contributed by atoms with Crippen LogP contribution in [0.4, 0.5) is 23.2 Å². The van der Waals surface area contributed by atoms with Crippen molar-refractivity contribution in [3.05, 3.63) is 35.5 Å². The van der Waals surface area contributed by atoms with Crippen LogP contribution < -0.4 is 5.32 Å². The summed E-state index contributed by atoms with van der Waals surface area (Å²) in [5, 5.41) is 2.79. The summed E-state index contributed by atoms with van der Waals surface area (Å²) in [6.45, 7) is 2.17. The van der Waals surface area contributed by atoms with Crippen LogP contribution in [0.1, 0.15) is 19.0 Å². The Balaban J connectivity index is 2.76. The molecule has 0 aliphatic heterocycles. The van der Waals surface area contributed by atoms with Crippen molar-refractivity contribution in [1.29, 1.82) is 0 Å². The number of hydrogen-bond donors (Lipinski definition) is 1. The number of nitrogens with one attached hydrogen (secondary N) is 1. The molecule has 1 N–H and O–H groups in total. The third-order valence-corrected chi connectivity index (χ3v) is 2.44. The minimum atomic E-state index is -2.79. The topological polar surface area (TPSA) is 24.9 Å². The van der Waals surface area contributed by atoms with Gasteiger partial charge >= 0.3 is 0 Å². The maximum atomic E-state index is 13.7. The maximum absolute atomic E-state index is 13.7. The van der Waals surface area contributed by atoms with Gasteiger partial charge in [0.2, 0.25) is 0 Å². The van der Waals surface area contributed by atoms with Crippen molar-refractivity contribution in [1.82, 2.24) is 4.98 Å². The van der Waals surface area contributed by atoms with Crippen LogP contribution in [-0.4, -0.2) is 11.5 Å². The monoisotopic (exact) mass is 258 g/mol. The smallest absolute Gasteiger partial charge is 0.280 e. The van der Waals surface area contributed by atoms with Gasteiger partial charge in [-0.3, -0.25) is 0 Å². The van der Waals surface area contributed by atoms with Crippen molar-refractivity contribution in [2.24, 2.45) is 0 Å². The average molecular weight is 258 g/mol. The lowest BCUT2D eigenvalue weighted by molar-refractivity contribution is 0.146. The number of nitrogens with zero attached hydrogens (tertiary/aromatic N) is 1. The Hall–Kier alpha value is -1.85. The van der Waals surface area contributed by atoms with Crippen molar-refractivity contribution in [3.63, 3.8) is 0 Å². The quantitative estimate of drug-likeness (QED) is 0.845. The first kappa shape index (κ1) is 12.6. The minimum Gasteiger partial charge on any atom is -0.385 e. The van der Waals surface area contributed by atoms with Crippen LogP contribution >= 0.6 is 0 Å². The molecule has 0 saturated heterocycles. The number of rotatable bonds is 3. The summed E-state index contributed by atoms with van der Waals surface area (Å²) in [5.41, 5.74) is -0.444. The van der Waals surface area contributed by atoms with E-state index in [4.69, 9.17) is 0 Å². The molecule has 96 valence electrons.